The van der Waals surface area contributed by atoms with Gasteiger partial charge in [0.2, 0.25) is 0 Å². The third-order valence-electron chi connectivity index (χ3n) is 7.84. The van der Waals surface area contributed by atoms with Crippen molar-refractivity contribution < 1.29 is 9.13 Å². The summed E-state index contributed by atoms with van der Waals surface area (Å²) in [7, 11) is 0. The van der Waals surface area contributed by atoms with Crippen LogP contribution >= 0.6 is 0 Å². The highest BCUT2D eigenvalue weighted by Crippen LogP contribution is 2.42. The van der Waals surface area contributed by atoms with Crippen molar-refractivity contribution in [3.05, 3.63) is 83.2 Å². The van der Waals surface area contributed by atoms with Crippen LogP contribution in [-0.2, 0) is 11.3 Å². The molecule has 2 aromatic rings. The second-order valence-electron chi connectivity index (χ2n) is 9.97. The summed E-state index contributed by atoms with van der Waals surface area (Å²) in [4.78, 5) is 0. The van der Waals surface area contributed by atoms with Gasteiger partial charge in [0, 0.05) is 6.61 Å². The van der Waals surface area contributed by atoms with Crippen LogP contribution in [0.2, 0.25) is 0 Å². The van der Waals surface area contributed by atoms with E-state index in [1.807, 2.05) is 6.07 Å². The van der Waals surface area contributed by atoms with E-state index in [1.165, 1.54) is 29.5 Å². The monoisotopic (exact) mass is 434 g/mol. The number of benzene rings is 2. The highest BCUT2D eigenvalue weighted by Gasteiger charge is 2.26. The molecule has 1 nitrogen and oxygen atoms in total. The maximum absolute atomic E-state index is 15.1. The normalized spacial score (nSPS) is 26.1. The summed E-state index contributed by atoms with van der Waals surface area (Å²) in [6.07, 6.45) is 12.3. The van der Waals surface area contributed by atoms with Gasteiger partial charge in [-0.25, -0.2) is 4.39 Å². The number of hydrogen-bond acceptors (Lipinski definition) is 1. The molecule has 0 amide bonds. The van der Waals surface area contributed by atoms with Gasteiger partial charge in [-0.3, -0.25) is 0 Å². The van der Waals surface area contributed by atoms with Crippen LogP contribution in [-0.4, -0.2) is 6.61 Å². The molecule has 0 radical (unpaired) electrons. The Balaban J connectivity index is 1.31. The van der Waals surface area contributed by atoms with E-state index >= 15 is 4.39 Å². The molecular weight excluding hydrogens is 395 g/mol. The predicted molar refractivity (Wildman–Crippen MR) is 132 cm³/mol. The van der Waals surface area contributed by atoms with Gasteiger partial charge in [0.05, 0.1) is 6.61 Å². The molecule has 0 heterocycles. The largest absolute Gasteiger partial charge is 0.377 e. The molecule has 0 aliphatic heterocycles. The number of allylic oxidation sites excluding steroid dienone is 1. The lowest BCUT2D eigenvalue weighted by molar-refractivity contribution is 0.121. The lowest BCUT2D eigenvalue weighted by atomic mass is 9.75. The van der Waals surface area contributed by atoms with Crippen LogP contribution in [0.4, 0.5) is 4.39 Å². The molecule has 2 aliphatic carbocycles. The van der Waals surface area contributed by atoms with Crippen LogP contribution in [0.3, 0.4) is 0 Å². The Bertz CT molecular complexity index is 855. The van der Waals surface area contributed by atoms with Gasteiger partial charge in [0.25, 0.3) is 0 Å². The summed E-state index contributed by atoms with van der Waals surface area (Å²) in [6, 6.07) is 15.1. The Morgan fingerprint density at radius 2 is 1.44 bits per heavy atom. The molecule has 0 spiro atoms. The molecule has 2 heteroatoms. The summed E-state index contributed by atoms with van der Waals surface area (Å²) >= 11 is 0. The SMILES string of the molecule is C=C[C@H]1CC[C@H](c2ccc(C3CCC(c4ccc(COCCC)cc4)CC3)c(F)c2)CC1. The van der Waals surface area contributed by atoms with E-state index in [-0.39, 0.29) is 5.82 Å². The average molecular weight is 435 g/mol. The van der Waals surface area contributed by atoms with Crippen molar-refractivity contribution >= 4 is 0 Å². The van der Waals surface area contributed by atoms with E-state index in [0.29, 0.717) is 30.3 Å². The molecule has 2 aliphatic rings. The second-order valence-corrected chi connectivity index (χ2v) is 9.97. The highest BCUT2D eigenvalue weighted by molar-refractivity contribution is 5.31. The number of hydrogen-bond donors (Lipinski definition) is 0. The summed E-state index contributed by atoms with van der Waals surface area (Å²) in [5.41, 5.74) is 4.81. The topological polar surface area (TPSA) is 9.23 Å². The average Bonchev–Trinajstić information content (AvgIpc) is 2.85. The summed E-state index contributed by atoms with van der Waals surface area (Å²) < 4.78 is 20.7. The lowest BCUT2D eigenvalue weighted by Crippen LogP contribution is -2.14. The van der Waals surface area contributed by atoms with Crippen molar-refractivity contribution in [1.29, 1.82) is 0 Å². The van der Waals surface area contributed by atoms with Crippen LogP contribution in [0.25, 0.3) is 0 Å². The van der Waals surface area contributed by atoms with E-state index in [4.69, 9.17) is 4.74 Å². The molecule has 0 atom stereocenters. The van der Waals surface area contributed by atoms with Gasteiger partial charge in [0.15, 0.2) is 0 Å². The third-order valence-corrected chi connectivity index (χ3v) is 7.84. The zero-order valence-electron chi connectivity index (χ0n) is 19.7. The summed E-state index contributed by atoms with van der Waals surface area (Å²) in [5.74, 6) is 2.14. The fraction of sp³-hybridized carbons (Fsp3) is 0.533. The maximum Gasteiger partial charge on any atom is 0.126 e. The Labute approximate surface area is 194 Å². The van der Waals surface area contributed by atoms with Crippen molar-refractivity contribution in [2.24, 2.45) is 5.92 Å². The van der Waals surface area contributed by atoms with Crippen molar-refractivity contribution in [2.75, 3.05) is 6.61 Å². The second kappa shape index (κ2) is 11.3. The predicted octanol–water partition coefficient (Wildman–Crippen LogP) is 8.65. The van der Waals surface area contributed by atoms with Gasteiger partial charge >= 0.3 is 0 Å². The first kappa shape index (κ1) is 23.2. The quantitative estimate of drug-likeness (QED) is 0.298. The first-order chi connectivity index (χ1) is 15.7. The minimum absolute atomic E-state index is 0.0215. The first-order valence-corrected chi connectivity index (χ1v) is 12.8. The van der Waals surface area contributed by atoms with Gasteiger partial charge < -0.3 is 4.74 Å². The van der Waals surface area contributed by atoms with Crippen LogP contribution in [0.5, 0.6) is 0 Å². The maximum atomic E-state index is 15.1. The Hall–Kier alpha value is -1.93. The minimum Gasteiger partial charge on any atom is -0.377 e. The van der Waals surface area contributed by atoms with Crippen LogP contribution in [0, 0.1) is 11.7 Å². The number of rotatable bonds is 8. The zero-order valence-corrected chi connectivity index (χ0v) is 19.7. The Kier molecular flexibility index (Phi) is 8.19. The molecule has 2 fully saturated rings. The van der Waals surface area contributed by atoms with Gasteiger partial charge in [-0.1, -0.05) is 49.4 Å². The standard InChI is InChI=1S/C30H39FO/c1-3-19-32-21-23-7-11-24(12-8-23)25-13-15-27(16-14-25)29-18-17-28(20-30(29)31)26-9-5-22(4-2)6-10-26/h4,7-8,11-12,17-18,20,22,25-27H,2-3,5-6,9-10,13-16,19,21H2,1H3/t22-,25?,26-,27?. The van der Waals surface area contributed by atoms with E-state index in [1.54, 1.807) is 0 Å². The summed E-state index contributed by atoms with van der Waals surface area (Å²) in [6.45, 7) is 7.59. The smallest absolute Gasteiger partial charge is 0.126 e. The molecule has 2 aromatic carbocycles. The number of ether oxygens (including phenoxy) is 1. The lowest BCUT2D eigenvalue weighted by Gasteiger charge is -2.30. The highest BCUT2D eigenvalue weighted by atomic mass is 19.1. The molecular formula is C30H39FO. The zero-order chi connectivity index (χ0) is 22.3. The van der Waals surface area contributed by atoms with Gasteiger partial charge in [-0.05, 0) is 110 Å². The molecule has 0 saturated heterocycles. The Morgan fingerprint density at radius 1 is 0.844 bits per heavy atom. The molecule has 0 bridgehead atoms. The van der Waals surface area contributed by atoms with Gasteiger partial charge in [-0.15, -0.1) is 6.58 Å². The van der Waals surface area contributed by atoms with Crippen molar-refractivity contribution in [3.8, 4) is 0 Å². The molecule has 0 unspecified atom stereocenters. The van der Waals surface area contributed by atoms with Gasteiger partial charge in [0.1, 0.15) is 5.82 Å². The van der Waals surface area contributed by atoms with E-state index in [0.717, 1.165) is 57.1 Å². The first-order valence-electron chi connectivity index (χ1n) is 12.8. The third kappa shape index (κ3) is 5.70. The van der Waals surface area contributed by atoms with Crippen molar-refractivity contribution in [1.82, 2.24) is 0 Å². The fourth-order valence-corrected chi connectivity index (χ4v) is 5.77. The van der Waals surface area contributed by atoms with Crippen LogP contribution in [0.1, 0.15) is 105 Å². The van der Waals surface area contributed by atoms with E-state index < -0.39 is 0 Å². The molecule has 172 valence electrons. The summed E-state index contributed by atoms with van der Waals surface area (Å²) in [5, 5.41) is 0. The van der Waals surface area contributed by atoms with Gasteiger partial charge in [-0.2, -0.15) is 0 Å². The van der Waals surface area contributed by atoms with Crippen LogP contribution < -0.4 is 0 Å². The molecule has 32 heavy (non-hydrogen) atoms. The molecule has 4 rings (SSSR count). The fourth-order valence-electron chi connectivity index (χ4n) is 5.77. The molecule has 0 aromatic heterocycles. The molecule has 0 N–H and O–H groups in total. The van der Waals surface area contributed by atoms with E-state index in [9.17, 15) is 0 Å². The Morgan fingerprint density at radius 3 is 2.06 bits per heavy atom. The van der Waals surface area contributed by atoms with E-state index in [2.05, 4.69) is 56.0 Å². The number of halogens is 1. The van der Waals surface area contributed by atoms with Crippen LogP contribution in [0.15, 0.2) is 55.1 Å². The van der Waals surface area contributed by atoms with Crippen molar-refractivity contribution in [3.63, 3.8) is 0 Å². The molecule has 2 saturated carbocycles. The van der Waals surface area contributed by atoms with Crippen molar-refractivity contribution in [2.45, 2.75) is 89.1 Å². The minimum atomic E-state index is 0.0215.